The molecule has 1 aromatic carbocycles. The second-order valence-electron chi connectivity index (χ2n) is 4.25. The maximum Gasteiger partial charge on any atom is 0.270 e. The summed E-state index contributed by atoms with van der Waals surface area (Å²) in [5.41, 5.74) is 7.37. The SMILES string of the molecule is Cc1ccccc1Cn1ncc(OCCN)cc1=O. The fraction of sp³-hybridized carbons (Fsp3) is 0.286. The molecular formula is C14H17N3O2. The predicted molar refractivity (Wildman–Crippen MR) is 73.3 cm³/mol. The van der Waals surface area contributed by atoms with E-state index in [0.717, 1.165) is 11.1 Å². The summed E-state index contributed by atoms with van der Waals surface area (Å²) in [6.07, 6.45) is 1.54. The Balaban J connectivity index is 2.18. The third kappa shape index (κ3) is 3.42. The summed E-state index contributed by atoms with van der Waals surface area (Å²) in [5.74, 6) is 0.455. The summed E-state index contributed by atoms with van der Waals surface area (Å²) < 4.78 is 6.68. The average Bonchev–Trinajstić information content (AvgIpc) is 2.41. The Labute approximate surface area is 111 Å². The van der Waals surface area contributed by atoms with E-state index >= 15 is 0 Å². The van der Waals surface area contributed by atoms with Crippen LogP contribution in [0.2, 0.25) is 0 Å². The fourth-order valence-corrected chi connectivity index (χ4v) is 1.74. The van der Waals surface area contributed by atoms with Crippen molar-refractivity contribution < 1.29 is 4.74 Å². The van der Waals surface area contributed by atoms with Crippen molar-refractivity contribution in [1.82, 2.24) is 9.78 Å². The predicted octanol–water partition coefficient (Wildman–Crippen LogP) is 0.938. The van der Waals surface area contributed by atoms with Gasteiger partial charge < -0.3 is 10.5 Å². The molecule has 0 amide bonds. The van der Waals surface area contributed by atoms with Crippen molar-refractivity contribution in [2.45, 2.75) is 13.5 Å². The maximum atomic E-state index is 11.9. The number of aromatic nitrogens is 2. The molecule has 0 aliphatic heterocycles. The number of hydrogen-bond donors (Lipinski definition) is 1. The minimum Gasteiger partial charge on any atom is -0.490 e. The summed E-state index contributed by atoms with van der Waals surface area (Å²) in [5, 5.41) is 4.11. The van der Waals surface area contributed by atoms with Gasteiger partial charge >= 0.3 is 0 Å². The van der Waals surface area contributed by atoms with Crippen LogP contribution in [0.15, 0.2) is 41.3 Å². The summed E-state index contributed by atoms with van der Waals surface area (Å²) in [6, 6.07) is 9.35. The highest BCUT2D eigenvalue weighted by molar-refractivity contribution is 5.25. The molecule has 1 aromatic heterocycles. The molecule has 19 heavy (non-hydrogen) atoms. The van der Waals surface area contributed by atoms with Crippen molar-refractivity contribution in [3.05, 3.63) is 58.0 Å². The molecule has 5 heteroatoms. The third-order valence-electron chi connectivity index (χ3n) is 2.81. The summed E-state index contributed by atoms with van der Waals surface area (Å²) >= 11 is 0. The van der Waals surface area contributed by atoms with Crippen LogP contribution in [0.5, 0.6) is 5.75 Å². The molecule has 2 N–H and O–H groups in total. The van der Waals surface area contributed by atoms with Gasteiger partial charge in [-0.25, -0.2) is 4.68 Å². The van der Waals surface area contributed by atoms with Gasteiger partial charge in [-0.2, -0.15) is 5.10 Å². The van der Waals surface area contributed by atoms with Crippen LogP contribution in [0.4, 0.5) is 0 Å². The van der Waals surface area contributed by atoms with Gasteiger partial charge in [0.1, 0.15) is 12.4 Å². The van der Waals surface area contributed by atoms with E-state index in [9.17, 15) is 4.79 Å². The van der Waals surface area contributed by atoms with Crippen molar-refractivity contribution >= 4 is 0 Å². The number of aryl methyl sites for hydroxylation is 1. The monoisotopic (exact) mass is 259 g/mol. The smallest absolute Gasteiger partial charge is 0.270 e. The lowest BCUT2D eigenvalue weighted by Gasteiger charge is -2.08. The molecule has 0 atom stereocenters. The van der Waals surface area contributed by atoms with Crippen LogP contribution in [-0.4, -0.2) is 22.9 Å². The Morgan fingerprint density at radius 2 is 2.16 bits per heavy atom. The van der Waals surface area contributed by atoms with Gasteiger partial charge in [0.15, 0.2) is 0 Å². The zero-order valence-corrected chi connectivity index (χ0v) is 10.9. The van der Waals surface area contributed by atoms with E-state index in [-0.39, 0.29) is 5.56 Å². The first-order valence-electron chi connectivity index (χ1n) is 6.15. The van der Waals surface area contributed by atoms with Gasteiger partial charge in [0.2, 0.25) is 0 Å². The third-order valence-corrected chi connectivity index (χ3v) is 2.81. The van der Waals surface area contributed by atoms with E-state index in [2.05, 4.69) is 5.10 Å². The van der Waals surface area contributed by atoms with Crippen molar-refractivity contribution in [1.29, 1.82) is 0 Å². The van der Waals surface area contributed by atoms with Crippen LogP contribution < -0.4 is 16.0 Å². The number of ether oxygens (including phenoxy) is 1. The molecule has 0 spiro atoms. The summed E-state index contributed by atoms with van der Waals surface area (Å²) in [7, 11) is 0. The van der Waals surface area contributed by atoms with E-state index in [4.69, 9.17) is 10.5 Å². The number of rotatable bonds is 5. The number of hydrogen-bond acceptors (Lipinski definition) is 4. The molecule has 2 rings (SSSR count). The molecule has 2 aromatic rings. The lowest BCUT2D eigenvalue weighted by molar-refractivity contribution is 0.324. The molecule has 0 saturated carbocycles. The summed E-state index contributed by atoms with van der Waals surface area (Å²) in [4.78, 5) is 11.9. The Bertz CT molecular complexity index is 608. The Hall–Kier alpha value is -2.14. The van der Waals surface area contributed by atoms with Crippen LogP contribution >= 0.6 is 0 Å². The van der Waals surface area contributed by atoms with Crippen molar-refractivity contribution in [2.75, 3.05) is 13.2 Å². The summed E-state index contributed by atoms with van der Waals surface area (Å²) in [6.45, 7) is 3.26. The lowest BCUT2D eigenvalue weighted by Crippen LogP contribution is -2.23. The zero-order chi connectivity index (χ0) is 13.7. The highest BCUT2D eigenvalue weighted by Gasteiger charge is 2.03. The van der Waals surface area contributed by atoms with E-state index in [1.165, 1.54) is 16.9 Å². The Morgan fingerprint density at radius 3 is 2.84 bits per heavy atom. The van der Waals surface area contributed by atoms with Crippen molar-refractivity contribution in [2.24, 2.45) is 5.73 Å². The van der Waals surface area contributed by atoms with E-state index < -0.39 is 0 Å². The molecule has 100 valence electrons. The molecule has 0 radical (unpaired) electrons. The minimum absolute atomic E-state index is 0.183. The van der Waals surface area contributed by atoms with Gasteiger partial charge in [-0.3, -0.25) is 4.79 Å². The van der Waals surface area contributed by atoms with Crippen LogP contribution in [0.1, 0.15) is 11.1 Å². The largest absolute Gasteiger partial charge is 0.490 e. The molecule has 0 fully saturated rings. The van der Waals surface area contributed by atoms with Gasteiger partial charge in [-0.1, -0.05) is 24.3 Å². The molecule has 1 heterocycles. The normalized spacial score (nSPS) is 10.4. The van der Waals surface area contributed by atoms with Crippen molar-refractivity contribution in [3.8, 4) is 5.75 Å². The van der Waals surface area contributed by atoms with E-state index in [0.29, 0.717) is 25.4 Å². The average molecular weight is 259 g/mol. The maximum absolute atomic E-state index is 11.9. The second-order valence-corrected chi connectivity index (χ2v) is 4.25. The molecule has 0 aliphatic carbocycles. The highest BCUT2D eigenvalue weighted by Crippen LogP contribution is 2.08. The highest BCUT2D eigenvalue weighted by atomic mass is 16.5. The van der Waals surface area contributed by atoms with Crippen molar-refractivity contribution in [3.63, 3.8) is 0 Å². The van der Waals surface area contributed by atoms with E-state index in [1.807, 2.05) is 31.2 Å². The lowest BCUT2D eigenvalue weighted by atomic mass is 10.1. The fourth-order valence-electron chi connectivity index (χ4n) is 1.74. The topological polar surface area (TPSA) is 70.1 Å². The molecule has 0 aliphatic rings. The van der Waals surface area contributed by atoms with Crippen LogP contribution in [0.25, 0.3) is 0 Å². The van der Waals surface area contributed by atoms with Crippen LogP contribution in [0, 0.1) is 6.92 Å². The Kier molecular flexibility index (Phi) is 4.30. The first-order chi connectivity index (χ1) is 9.20. The molecular weight excluding hydrogens is 242 g/mol. The van der Waals surface area contributed by atoms with E-state index in [1.54, 1.807) is 0 Å². The standard InChI is InChI=1S/C14H17N3O2/c1-11-4-2-3-5-12(11)10-17-14(18)8-13(9-16-17)19-7-6-15/h2-5,8-9H,6-7,10,15H2,1H3. The second kappa shape index (κ2) is 6.15. The van der Waals surface area contributed by atoms with Gasteiger partial charge in [0, 0.05) is 12.6 Å². The molecule has 0 unspecified atom stereocenters. The van der Waals surface area contributed by atoms with Crippen LogP contribution in [0.3, 0.4) is 0 Å². The van der Waals surface area contributed by atoms with Gasteiger partial charge in [-0.15, -0.1) is 0 Å². The first-order valence-corrected chi connectivity index (χ1v) is 6.15. The number of benzene rings is 1. The molecule has 0 bridgehead atoms. The number of nitrogens with two attached hydrogens (primary N) is 1. The number of nitrogens with zero attached hydrogens (tertiary/aromatic N) is 2. The molecule has 5 nitrogen and oxygen atoms in total. The Morgan fingerprint density at radius 1 is 1.37 bits per heavy atom. The van der Waals surface area contributed by atoms with Gasteiger partial charge in [-0.05, 0) is 18.1 Å². The zero-order valence-electron chi connectivity index (χ0n) is 10.9. The van der Waals surface area contributed by atoms with Crippen LogP contribution in [-0.2, 0) is 6.54 Å². The van der Waals surface area contributed by atoms with Gasteiger partial charge in [0.05, 0.1) is 12.7 Å². The van der Waals surface area contributed by atoms with Gasteiger partial charge in [0.25, 0.3) is 5.56 Å². The quantitative estimate of drug-likeness (QED) is 0.867. The molecule has 0 saturated heterocycles. The first kappa shape index (κ1) is 13.3. The minimum atomic E-state index is -0.183.